The molecule has 0 saturated heterocycles. The van der Waals surface area contributed by atoms with Crippen LogP contribution in [-0.2, 0) is 4.79 Å². The summed E-state index contributed by atoms with van der Waals surface area (Å²) in [5.74, 6) is -2.96. The summed E-state index contributed by atoms with van der Waals surface area (Å²) >= 11 is 0. The number of hydrogen-bond acceptors (Lipinski definition) is 1. The van der Waals surface area contributed by atoms with Gasteiger partial charge in [-0.25, -0.2) is 8.78 Å². The van der Waals surface area contributed by atoms with E-state index >= 15 is 0 Å². The molecule has 0 amide bonds. The normalized spacial score (nSPS) is 12.3. The van der Waals surface area contributed by atoms with Crippen molar-refractivity contribution in [2.24, 2.45) is 0 Å². The van der Waals surface area contributed by atoms with Gasteiger partial charge >= 0.3 is 5.97 Å². The van der Waals surface area contributed by atoms with Gasteiger partial charge in [0.1, 0.15) is 11.6 Å². The minimum Gasteiger partial charge on any atom is -0.481 e. The first kappa shape index (κ1) is 12.3. The predicted octanol–water partition coefficient (Wildman–Crippen LogP) is 2.90. The number of carboxylic acids is 1. The van der Waals surface area contributed by atoms with Crippen LogP contribution < -0.4 is 0 Å². The molecule has 1 aromatic heterocycles. The first-order valence-electron chi connectivity index (χ1n) is 5.37. The summed E-state index contributed by atoms with van der Waals surface area (Å²) in [6.45, 7) is 0. The molecule has 94 valence electrons. The van der Waals surface area contributed by atoms with Crippen LogP contribution in [0.4, 0.5) is 8.78 Å². The van der Waals surface area contributed by atoms with Crippen LogP contribution >= 0.6 is 0 Å². The van der Waals surface area contributed by atoms with Crippen LogP contribution in [-0.4, -0.2) is 16.1 Å². The second-order valence-corrected chi connectivity index (χ2v) is 3.96. The fraction of sp³-hybridized carbons (Fsp3) is 0.154. The lowest BCUT2D eigenvalue weighted by atomic mass is 9.90. The molecule has 0 aliphatic heterocycles. The number of H-pyrrole nitrogens is 1. The van der Waals surface area contributed by atoms with Gasteiger partial charge in [0.25, 0.3) is 0 Å². The SMILES string of the molecule is O=C(O)CC(c1cc[nH]c1)c1cc(F)ccc1F. The summed E-state index contributed by atoms with van der Waals surface area (Å²) in [4.78, 5) is 13.6. The Hall–Kier alpha value is -2.17. The largest absolute Gasteiger partial charge is 0.481 e. The quantitative estimate of drug-likeness (QED) is 0.877. The Morgan fingerprint density at radius 1 is 1.33 bits per heavy atom. The maximum absolute atomic E-state index is 13.7. The number of carbonyl (C=O) groups is 1. The molecule has 0 radical (unpaired) electrons. The molecule has 5 heteroatoms. The van der Waals surface area contributed by atoms with E-state index < -0.39 is 23.5 Å². The number of carboxylic acid groups (broad SMARTS) is 1. The van der Waals surface area contributed by atoms with E-state index in [1.807, 2.05) is 0 Å². The number of aromatic amines is 1. The van der Waals surface area contributed by atoms with E-state index in [1.165, 1.54) is 0 Å². The zero-order valence-corrected chi connectivity index (χ0v) is 9.36. The molecule has 0 saturated carbocycles. The fourth-order valence-corrected chi connectivity index (χ4v) is 1.92. The summed E-state index contributed by atoms with van der Waals surface area (Å²) in [7, 11) is 0. The van der Waals surface area contributed by atoms with Crippen LogP contribution in [0.25, 0.3) is 0 Å². The number of benzene rings is 1. The molecule has 0 bridgehead atoms. The Kier molecular flexibility index (Phi) is 3.41. The lowest BCUT2D eigenvalue weighted by molar-refractivity contribution is -0.137. The van der Waals surface area contributed by atoms with Gasteiger partial charge in [0, 0.05) is 18.3 Å². The van der Waals surface area contributed by atoms with Crippen LogP contribution in [0.2, 0.25) is 0 Å². The summed E-state index contributed by atoms with van der Waals surface area (Å²) in [6, 6.07) is 4.70. The summed E-state index contributed by atoms with van der Waals surface area (Å²) in [5.41, 5.74) is 0.666. The first-order valence-corrected chi connectivity index (χ1v) is 5.37. The second-order valence-electron chi connectivity index (χ2n) is 3.96. The Morgan fingerprint density at radius 2 is 2.11 bits per heavy atom. The zero-order chi connectivity index (χ0) is 13.1. The molecule has 0 aliphatic carbocycles. The Bertz CT molecular complexity index is 552. The van der Waals surface area contributed by atoms with Crippen LogP contribution in [0, 0.1) is 11.6 Å². The van der Waals surface area contributed by atoms with Crippen molar-refractivity contribution in [2.45, 2.75) is 12.3 Å². The lowest BCUT2D eigenvalue weighted by Gasteiger charge is -2.15. The van der Waals surface area contributed by atoms with E-state index in [1.54, 1.807) is 18.5 Å². The molecule has 1 atom stereocenters. The fourth-order valence-electron chi connectivity index (χ4n) is 1.92. The van der Waals surface area contributed by atoms with Crippen molar-refractivity contribution in [1.82, 2.24) is 4.98 Å². The van der Waals surface area contributed by atoms with Crippen molar-refractivity contribution < 1.29 is 18.7 Å². The third-order valence-corrected chi connectivity index (χ3v) is 2.74. The third kappa shape index (κ3) is 2.56. The molecule has 2 N–H and O–H groups in total. The molecule has 1 unspecified atom stereocenters. The Balaban J connectivity index is 2.46. The van der Waals surface area contributed by atoms with Crippen molar-refractivity contribution >= 4 is 5.97 Å². The highest BCUT2D eigenvalue weighted by Crippen LogP contribution is 2.30. The van der Waals surface area contributed by atoms with E-state index in [9.17, 15) is 13.6 Å². The van der Waals surface area contributed by atoms with E-state index in [-0.39, 0.29) is 12.0 Å². The lowest BCUT2D eigenvalue weighted by Crippen LogP contribution is -2.09. The summed E-state index contributed by atoms with van der Waals surface area (Å²) in [6.07, 6.45) is 2.90. The molecule has 1 aromatic carbocycles. The van der Waals surface area contributed by atoms with Crippen LogP contribution in [0.5, 0.6) is 0 Å². The number of aliphatic carboxylic acids is 1. The van der Waals surface area contributed by atoms with Gasteiger partial charge in [0.15, 0.2) is 0 Å². The molecule has 2 aromatic rings. The second kappa shape index (κ2) is 5.00. The smallest absolute Gasteiger partial charge is 0.304 e. The van der Waals surface area contributed by atoms with Gasteiger partial charge in [0.05, 0.1) is 6.42 Å². The highest BCUT2D eigenvalue weighted by Gasteiger charge is 2.22. The van der Waals surface area contributed by atoms with Crippen LogP contribution in [0.1, 0.15) is 23.5 Å². The molecular formula is C13H11F2NO2. The molecule has 0 spiro atoms. The van der Waals surface area contributed by atoms with E-state index in [4.69, 9.17) is 5.11 Å². The summed E-state index contributed by atoms with van der Waals surface area (Å²) < 4.78 is 26.9. The average molecular weight is 251 g/mol. The van der Waals surface area contributed by atoms with Crippen molar-refractivity contribution in [3.05, 3.63) is 59.4 Å². The summed E-state index contributed by atoms with van der Waals surface area (Å²) in [5, 5.41) is 8.88. The van der Waals surface area contributed by atoms with Gasteiger partial charge in [-0.2, -0.15) is 0 Å². The van der Waals surface area contributed by atoms with Crippen molar-refractivity contribution in [3.8, 4) is 0 Å². The van der Waals surface area contributed by atoms with Gasteiger partial charge in [0.2, 0.25) is 0 Å². The van der Waals surface area contributed by atoms with E-state index in [0.29, 0.717) is 5.56 Å². The molecule has 3 nitrogen and oxygen atoms in total. The maximum Gasteiger partial charge on any atom is 0.304 e. The van der Waals surface area contributed by atoms with E-state index in [0.717, 1.165) is 18.2 Å². The number of rotatable bonds is 4. The molecule has 18 heavy (non-hydrogen) atoms. The van der Waals surface area contributed by atoms with Crippen molar-refractivity contribution in [1.29, 1.82) is 0 Å². The van der Waals surface area contributed by atoms with Crippen LogP contribution in [0.3, 0.4) is 0 Å². The van der Waals surface area contributed by atoms with E-state index in [2.05, 4.69) is 4.98 Å². The molecule has 0 aliphatic rings. The van der Waals surface area contributed by atoms with Gasteiger partial charge in [-0.05, 0) is 35.4 Å². The zero-order valence-electron chi connectivity index (χ0n) is 9.36. The molecule has 0 fully saturated rings. The first-order chi connectivity index (χ1) is 8.58. The van der Waals surface area contributed by atoms with Crippen molar-refractivity contribution in [2.75, 3.05) is 0 Å². The predicted molar refractivity (Wildman–Crippen MR) is 61.2 cm³/mol. The highest BCUT2D eigenvalue weighted by molar-refractivity contribution is 5.69. The Labute approximate surface area is 102 Å². The minimum atomic E-state index is -1.06. The molecule has 2 rings (SSSR count). The topological polar surface area (TPSA) is 53.1 Å². The number of halogens is 2. The maximum atomic E-state index is 13.7. The number of aromatic nitrogens is 1. The number of hydrogen-bond donors (Lipinski definition) is 2. The van der Waals surface area contributed by atoms with Gasteiger partial charge < -0.3 is 10.1 Å². The van der Waals surface area contributed by atoms with Gasteiger partial charge in [-0.15, -0.1) is 0 Å². The third-order valence-electron chi connectivity index (χ3n) is 2.74. The standard InChI is InChI=1S/C13H11F2NO2/c14-9-1-2-12(15)11(5-9)10(6-13(17)18)8-3-4-16-7-8/h1-5,7,10,16H,6H2,(H,17,18). The van der Waals surface area contributed by atoms with Gasteiger partial charge in [-0.3, -0.25) is 4.79 Å². The molecule has 1 heterocycles. The molecular weight excluding hydrogens is 240 g/mol. The highest BCUT2D eigenvalue weighted by atomic mass is 19.1. The number of nitrogens with one attached hydrogen (secondary N) is 1. The Morgan fingerprint density at radius 3 is 2.72 bits per heavy atom. The van der Waals surface area contributed by atoms with Crippen LogP contribution in [0.15, 0.2) is 36.7 Å². The minimum absolute atomic E-state index is 0.0528. The monoisotopic (exact) mass is 251 g/mol. The van der Waals surface area contributed by atoms with Crippen molar-refractivity contribution in [3.63, 3.8) is 0 Å². The van der Waals surface area contributed by atoms with Gasteiger partial charge in [-0.1, -0.05) is 0 Å². The average Bonchev–Trinajstić information content (AvgIpc) is 2.82.